The number of fused-ring (bicyclic) bond motifs is 1. The van der Waals surface area contributed by atoms with Gasteiger partial charge in [0.2, 0.25) is 0 Å². The summed E-state index contributed by atoms with van der Waals surface area (Å²) in [6.45, 7) is 0. The van der Waals surface area contributed by atoms with Gasteiger partial charge in [0.05, 0.1) is 10.6 Å². The third-order valence-corrected chi connectivity index (χ3v) is 5.31. The molecule has 0 aliphatic carbocycles. The molecule has 0 heterocycles. The summed E-state index contributed by atoms with van der Waals surface area (Å²) in [5, 5.41) is 1.39. The van der Waals surface area contributed by atoms with Crippen molar-refractivity contribution in [3.8, 4) is 0 Å². The molecule has 0 fully saturated rings. The molecule has 0 aliphatic rings. The molecule has 0 saturated heterocycles. The van der Waals surface area contributed by atoms with Crippen LogP contribution in [0, 0.1) is 5.82 Å². The first-order valence-corrected chi connectivity index (χ1v) is 8.71. The highest BCUT2D eigenvalue weighted by Gasteiger charge is 2.20. The lowest BCUT2D eigenvalue weighted by Gasteiger charge is -2.12. The number of sulfonamides is 1. The van der Waals surface area contributed by atoms with Crippen LogP contribution in [0.4, 0.5) is 10.1 Å². The van der Waals surface area contributed by atoms with Gasteiger partial charge in [0.15, 0.2) is 0 Å². The number of halogens is 2. The summed E-state index contributed by atoms with van der Waals surface area (Å²) in [5.41, 5.74) is -0.101. The van der Waals surface area contributed by atoms with Gasteiger partial charge < -0.3 is 0 Å². The lowest BCUT2D eigenvalue weighted by atomic mass is 10.1. The predicted octanol–water partition coefficient (Wildman–Crippen LogP) is 4.54. The van der Waals surface area contributed by atoms with Crippen LogP contribution in [0.25, 0.3) is 10.8 Å². The van der Waals surface area contributed by atoms with Gasteiger partial charge in [0, 0.05) is 9.86 Å². The Morgan fingerprint density at radius 1 is 0.909 bits per heavy atom. The quantitative estimate of drug-likeness (QED) is 0.725. The Balaban J connectivity index is 2.14. The number of hydrogen-bond donors (Lipinski definition) is 1. The molecule has 0 radical (unpaired) electrons. The van der Waals surface area contributed by atoms with Crippen LogP contribution in [0.5, 0.6) is 0 Å². The van der Waals surface area contributed by atoms with E-state index in [2.05, 4.69) is 20.7 Å². The molecule has 3 aromatic carbocycles. The number of para-hydroxylation sites is 1. The summed E-state index contributed by atoms with van der Waals surface area (Å²) in [7, 11) is -3.90. The van der Waals surface area contributed by atoms with E-state index in [9.17, 15) is 12.8 Å². The Morgan fingerprint density at radius 2 is 1.59 bits per heavy atom. The van der Waals surface area contributed by atoms with Crippen molar-refractivity contribution in [2.24, 2.45) is 0 Å². The fourth-order valence-corrected chi connectivity index (χ4v) is 4.11. The molecule has 0 atom stereocenters. The molecule has 0 amide bonds. The summed E-state index contributed by atoms with van der Waals surface area (Å²) >= 11 is 3.16. The van der Waals surface area contributed by atoms with Crippen molar-refractivity contribution in [3.63, 3.8) is 0 Å². The fourth-order valence-electron chi connectivity index (χ4n) is 2.21. The minimum Gasteiger partial charge on any atom is -0.275 e. The van der Waals surface area contributed by atoms with E-state index in [0.717, 1.165) is 5.39 Å². The summed E-state index contributed by atoms with van der Waals surface area (Å²) in [4.78, 5) is 0.112. The third-order valence-electron chi connectivity index (χ3n) is 3.24. The molecule has 3 rings (SSSR count). The molecule has 0 aliphatic heterocycles. The van der Waals surface area contributed by atoms with Gasteiger partial charge in [-0.25, -0.2) is 12.8 Å². The zero-order valence-corrected chi connectivity index (χ0v) is 13.7. The molecule has 0 saturated carbocycles. The summed E-state index contributed by atoms with van der Waals surface area (Å²) in [5.74, 6) is -0.641. The lowest BCUT2D eigenvalue weighted by molar-refractivity contribution is 0.599. The second-order valence-electron chi connectivity index (χ2n) is 4.68. The van der Waals surface area contributed by atoms with Crippen molar-refractivity contribution in [2.75, 3.05) is 4.72 Å². The van der Waals surface area contributed by atoms with Crippen LogP contribution in [-0.2, 0) is 10.0 Å². The van der Waals surface area contributed by atoms with Crippen LogP contribution in [-0.4, -0.2) is 8.42 Å². The maximum absolute atomic E-state index is 13.9. The SMILES string of the molecule is O=S(=O)(Nc1c(F)cccc1Br)c1cccc2ccccc12. The van der Waals surface area contributed by atoms with Crippen LogP contribution in [0.3, 0.4) is 0 Å². The largest absolute Gasteiger partial charge is 0.275 e. The van der Waals surface area contributed by atoms with Crippen molar-refractivity contribution in [1.82, 2.24) is 0 Å². The number of anilines is 1. The monoisotopic (exact) mass is 379 g/mol. The zero-order chi connectivity index (χ0) is 15.7. The lowest BCUT2D eigenvalue weighted by Crippen LogP contribution is -2.14. The molecule has 1 N–H and O–H groups in total. The van der Waals surface area contributed by atoms with Crippen LogP contribution in [0.15, 0.2) is 70.0 Å². The summed E-state index contributed by atoms with van der Waals surface area (Å²) in [6.07, 6.45) is 0. The maximum atomic E-state index is 13.9. The first-order chi connectivity index (χ1) is 10.5. The van der Waals surface area contributed by atoms with E-state index < -0.39 is 15.8 Å². The van der Waals surface area contributed by atoms with E-state index in [1.165, 1.54) is 18.2 Å². The Morgan fingerprint density at radius 3 is 2.36 bits per heavy atom. The highest BCUT2D eigenvalue weighted by molar-refractivity contribution is 9.10. The molecular formula is C16H11BrFNO2S. The molecule has 3 aromatic rings. The highest BCUT2D eigenvalue weighted by atomic mass is 79.9. The zero-order valence-electron chi connectivity index (χ0n) is 11.3. The Bertz CT molecular complexity index is 932. The first-order valence-electron chi connectivity index (χ1n) is 6.43. The molecule has 112 valence electrons. The van der Waals surface area contributed by atoms with Gasteiger partial charge in [-0.3, -0.25) is 4.72 Å². The minimum atomic E-state index is -3.90. The van der Waals surface area contributed by atoms with E-state index in [0.29, 0.717) is 9.86 Å². The molecule has 3 nitrogen and oxygen atoms in total. The van der Waals surface area contributed by atoms with E-state index in [4.69, 9.17) is 0 Å². The molecule has 0 spiro atoms. The smallest absolute Gasteiger partial charge is 0.262 e. The van der Waals surface area contributed by atoms with Crippen LogP contribution >= 0.6 is 15.9 Å². The topological polar surface area (TPSA) is 46.2 Å². The number of benzene rings is 3. The third kappa shape index (κ3) is 2.71. The average molecular weight is 380 g/mol. The molecule has 0 bridgehead atoms. The molecule has 0 unspecified atom stereocenters. The minimum absolute atomic E-state index is 0.101. The van der Waals surface area contributed by atoms with Gasteiger partial charge in [-0.05, 0) is 39.5 Å². The Hall–Kier alpha value is -1.92. The fraction of sp³-hybridized carbons (Fsp3) is 0. The van der Waals surface area contributed by atoms with Gasteiger partial charge >= 0.3 is 0 Å². The van der Waals surface area contributed by atoms with E-state index in [1.54, 1.807) is 24.3 Å². The second kappa shape index (κ2) is 5.70. The molecular weight excluding hydrogens is 369 g/mol. The van der Waals surface area contributed by atoms with E-state index >= 15 is 0 Å². The van der Waals surface area contributed by atoms with Crippen LogP contribution < -0.4 is 4.72 Å². The van der Waals surface area contributed by atoms with Crippen molar-refractivity contribution in [3.05, 3.63) is 71.0 Å². The van der Waals surface area contributed by atoms with Gasteiger partial charge in [0.25, 0.3) is 10.0 Å². The highest BCUT2D eigenvalue weighted by Crippen LogP contribution is 2.30. The van der Waals surface area contributed by atoms with Gasteiger partial charge in [-0.1, -0.05) is 42.5 Å². The van der Waals surface area contributed by atoms with Crippen molar-refractivity contribution >= 4 is 42.4 Å². The van der Waals surface area contributed by atoms with E-state index in [-0.39, 0.29) is 10.6 Å². The predicted molar refractivity (Wildman–Crippen MR) is 88.9 cm³/mol. The van der Waals surface area contributed by atoms with E-state index in [1.807, 2.05) is 18.2 Å². The molecule has 6 heteroatoms. The van der Waals surface area contributed by atoms with Gasteiger partial charge in [-0.15, -0.1) is 0 Å². The Kier molecular flexibility index (Phi) is 3.88. The molecule has 0 aromatic heterocycles. The first kappa shape index (κ1) is 15.0. The Labute approximate surface area is 136 Å². The van der Waals surface area contributed by atoms with Crippen molar-refractivity contribution < 1.29 is 12.8 Å². The van der Waals surface area contributed by atoms with Gasteiger partial charge in [-0.2, -0.15) is 0 Å². The molecule has 22 heavy (non-hydrogen) atoms. The standard InChI is InChI=1S/C16H11BrFNO2S/c17-13-8-4-9-14(18)16(13)19-22(20,21)15-10-3-6-11-5-1-2-7-12(11)15/h1-10,19H. The van der Waals surface area contributed by atoms with Crippen LogP contribution in [0.1, 0.15) is 0 Å². The number of rotatable bonds is 3. The van der Waals surface area contributed by atoms with Crippen LogP contribution in [0.2, 0.25) is 0 Å². The maximum Gasteiger partial charge on any atom is 0.262 e. The summed E-state index contributed by atoms with van der Waals surface area (Å²) < 4.78 is 41.8. The number of nitrogens with one attached hydrogen (secondary N) is 1. The summed E-state index contributed by atoms with van der Waals surface area (Å²) in [6, 6.07) is 16.4. The number of hydrogen-bond acceptors (Lipinski definition) is 2. The van der Waals surface area contributed by atoms with Crippen molar-refractivity contribution in [1.29, 1.82) is 0 Å². The van der Waals surface area contributed by atoms with Gasteiger partial charge in [0.1, 0.15) is 5.82 Å². The second-order valence-corrected chi connectivity index (χ2v) is 7.18. The average Bonchev–Trinajstić information content (AvgIpc) is 2.50. The van der Waals surface area contributed by atoms with Crippen molar-refractivity contribution in [2.45, 2.75) is 4.90 Å². The normalized spacial score (nSPS) is 11.5.